The van der Waals surface area contributed by atoms with E-state index in [1.54, 1.807) is 11.8 Å². The lowest BCUT2D eigenvalue weighted by Crippen LogP contribution is -2.42. The number of hydrogen-bond donors (Lipinski definition) is 1. The van der Waals surface area contributed by atoms with Crippen LogP contribution in [0.25, 0.3) is 0 Å². The third-order valence-electron chi connectivity index (χ3n) is 4.00. The first-order valence-electron chi connectivity index (χ1n) is 8.70. The summed E-state index contributed by atoms with van der Waals surface area (Å²) in [5.74, 6) is 1.46. The van der Waals surface area contributed by atoms with Crippen molar-refractivity contribution in [3.8, 4) is 5.75 Å². The molecule has 0 spiro atoms. The summed E-state index contributed by atoms with van der Waals surface area (Å²) in [5.41, 5.74) is 1.82. The van der Waals surface area contributed by atoms with E-state index in [1.165, 1.54) is 0 Å². The molecule has 26 heavy (non-hydrogen) atoms. The van der Waals surface area contributed by atoms with E-state index in [0.717, 1.165) is 27.9 Å². The number of nitrogens with zero attached hydrogens (tertiary/aromatic N) is 2. The molecule has 0 bridgehead atoms. The molecule has 1 fully saturated rings. The molecule has 4 nitrogen and oxygen atoms in total. The molecule has 3 rings (SSSR count). The molecule has 136 valence electrons. The highest BCUT2D eigenvalue weighted by Gasteiger charge is 2.38. The smallest absolute Gasteiger partial charge is 0.149 e. The molecule has 0 amide bonds. The van der Waals surface area contributed by atoms with Gasteiger partial charge in [0.05, 0.1) is 17.3 Å². The predicted molar refractivity (Wildman–Crippen MR) is 110 cm³/mol. The Morgan fingerprint density at radius 3 is 2.58 bits per heavy atom. The van der Waals surface area contributed by atoms with Gasteiger partial charge < -0.3 is 14.7 Å². The molecule has 1 saturated heterocycles. The van der Waals surface area contributed by atoms with E-state index < -0.39 is 5.72 Å². The molecule has 0 aromatic heterocycles. The number of para-hydroxylation sites is 1. The first kappa shape index (κ1) is 18.5. The van der Waals surface area contributed by atoms with Crippen molar-refractivity contribution in [2.24, 2.45) is 4.99 Å². The molecule has 1 aliphatic rings. The van der Waals surface area contributed by atoms with E-state index >= 15 is 0 Å². The zero-order chi connectivity index (χ0) is 18.6. The van der Waals surface area contributed by atoms with Crippen LogP contribution in [0.15, 0.2) is 70.7 Å². The largest absolute Gasteiger partial charge is 0.494 e. The summed E-state index contributed by atoms with van der Waals surface area (Å²) in [7, 11) is 0. The Labute approximate surface area is 159 Å². The van der Waals surface area contributed by atoms with Crippen LogP contribution >= 0.6 is 11.8 Å². The Kier molecular flexibility index (Phi) is 5.69. The maximum Gasteiger partial charge on any atom is 0.149 e. The van der Waals surface area contributed by atoms with Crippen LogP contribution in [0.3, 0.4) is 0 Å². The maximum absolute atomic E-state index is 10.8. The second kappa shape index (κ2) is 7.98. The molecule has 2 aromatic carbocycles. The van der Waals surface area contributed by atoms with E-state index in [2.05, 4.69) is 4.99 Å². The molecule has 0 saturated carbocycles. The molecule has 0 aliphatic carbocycles. The lowest BCUT2D eigenvalue weighted by molar-refractivity contribution is 0.0950. The van der Waals surface area contributed by atoms with Gasteiger partial charge in [-0.2, -0.15) is 0 Å². The summed E-state index contributed by atoms with van der Waals surface area (Å²) in [5, 5.41) is 11.8. The van der Waals surface area contributed by atoms with Crippen molar-refractivity contribution in [2.75, 3.05) is 17.3 Å². The van der Waals surface area contributed by atoms with Crippen LogP contribution < -0.4 is 9.64 Å². The number of ether oxygens (including phenoxy) is 1. The van der Waals surface area contributed by atoms with Crippen molar-refractivity contribution < 1.29 is 9.84 Å². The summed E-state index contributed by atoms with van der Waals surface area (Å²) in [6, 6.07) is 17.7. The van der Waals surface area contributed by atoms with Gasteiger partial charge in [-0.05, 0) is 63.2 Å². The Morgan fingerprint density at radius 2 is 1.92 bits per heavy atom. The SMILES string of the molecule is CCOc1ccc(N=C(C)/C=C2\SC[C@](C)(O)N2c2ccccc2)cc1. The summed E-state index contributed by atoms with van der Waals surface area (Å²) < 4.78 is 5.46. The van der Waals surface area contributed by atoms with Gasteiger partial charge >= 0.3 is 0 Å². The highest BCUT2D eigenvalue weighted by Crippen LogP contribution is 2.41. The fourth-order valence-corrected chi connectivity index (χ4v) is 4.10. The second-order valence-electron chi connectivity index (χ2n) is 6.34. The third kappa shape index (κ3) is 4.29. The van der Waals surface area contributed by atoms with Crippen molar-refractivity contribution >= 4 is 28.8 Å². The average molecular weight is 369 g/mol. The molecule has 1 heterocycles. The van der Waals surface area contributed by atoms with Gasteiger partial charge in [-0.25, -0.2) is 0 Å². The van der Waals surface area contributed by atoms with E-state index in [9.17, 15) is 5.11 Å². The molecule has 1 N–H and O–H groups in total. The van der Waals surface area contributed by atoms with Crippen molar-refractivity contribution in [2.45, 2.75) is 26.5 Å². The number of allylic oxidation sites excluding steroid dienone is 1. The molecular formula is C21H24N2O2S. The molecule has 0 radical (unpaired) electrons. The standard InChI is InChI=1S/C21H24N2O2S/c1-4-25-19-12-10-17(11-13-19)22-16(2)14-20-23(21(3,24)15-26-20)18-8-6-5-7-9-18/h5-14,24H,4,15H2,1-3H3/b20-14-,22-16?/t21-/m0/s1. The third-order valence-corrected chi connectivity index (χ3v) is 5.28. The minimum atomic E-state index is -0.919. The number of hydrogen-bond acceptors (Lipinski definition) is 5. The van der Waals surface area contributed by atoms with E-state index in [-0.39, 0.29) is 0 Å². The Balaban J connectivity index is 1.85. The molecule has 0 unspecified atom stereocenters. The highest BCUT2D eigenvalue weighted by molar-refractivity contribution is 8.03. The van der Waals surface area contributed by atoms with Crippen LogP contribution in [0.5, 0.6) is 5.75 Å². The van der Waals surface area contributed by atoms with E-state index in [0.29, 0.717) is 12.4 Å². The number of anilines is 1. The number of thioether (sulfide) groups is 1. The van der Waals surface area contributed by atoms with Crippen LogP contribution in [0, 0.1) is 0 Å². The average Bonchev–Trinajstić information content (AvgIpc) is 2.92. The number of aliphatic hydroxyl groups is 1. The minimum Gasteiger partial charge on any atom is -0.494 e. The van der Waals surface area contributed by atoms with Gasteiger partial charge in [0.25, 0.3) is 0 Å². The summed E-state index contributed by atoms with van der Waals surface area (Å²) in [6.45, 7) is 6.43. The van der Waals surface area contributed by atoms with Gasteiger partial charge in [-0.1, -0.05) is 18.2 Å². The first-order valence-corrected chi connectivity index (χ1v) is 9.68. The fraction of sp³-hybridized carbons (Fsp3) is 0.286. The van der Waals surface area contributed by atoms with Gasteiger partial charge in [-0.3, -0.25) is 4.99 Å². The van der Waals surface area contributed by atoms with Crippen molar-refractivity contribution in [1.82, 2.24) is 0 Å². The Morgan fingerprint density at radius 1 is 1.23 bits per heavy atom. The second-order valence-corrected chi connectivity index (χ2v) is 7.33. The molecule has 5 heteroatoms. The van der Waals surface area contributed by atoms with Crippen molar-refractivity contribution in [1.29, 1.82) is 0 Å². The molecule has 1 aliphatic heterocycles. The van der Waals surface area contributed by atoms with E-state index in [1.807, 2.05) is 86.3 Å². The lowest BCUT2D eigenvalue weighted by Gasteiger charge is -2.31. The topological polar surface area (TPSA) is 45.1 Å². The normalized spacial score (nSPS) is 22.1. The van der Waals surface area contributed by atoms with Crippen LogP contribution in [-0.4, -0.2) is 28.9 Å². The van der Waals surface area contributed by atoms with Crippen molar-refractivity contribution in [3.63, 3.8) is 0 Å². The monoisotopic (exact) mass is 368 g/mol. The number of rotatable bonds is 5. The van der Waals surface area contributed by atoms with Gasteiger partial charge in [0.15, 0.2) is 0 Å². The molecule has 1 atom stereocenters. The molecule has 2 aromatic rings. The first-order chi connectivity index (χ1) is 12.5. The zero-order valence-corrected chi connectivity index (χ0v) is 16.2. The number of benzene rings is 2. The summed E-state index contributed by atoms with van der Waals surface area (Å²) in [6.07, 6.45) is 2.02. The fourth-order valence-electron chi connectivity index (χ4n) is 2.86. The Bertz CT molecular complexity index is 799. The lowest BCUT2D eigenvalue weighted by atomic mass is 10.2. The summed E-state index contributed by atoms with van der Waals surface area (Å²) >= 11 is 1.64. The minimum absolute atomic E-state index is 0.615. The van der Waals surface area contributed by atoms with Gasteiger partial charge in [0.1, 0.15) is 11.5 Å². The molecular weight excluding hydrogens is 344 g/mol. The van der Waals surface area contributed by atoms with Crippen LogP contribution in [-0.2, 0) is 0 Å². The van der Waals surface area contributed by atoms with E-state index in [4.69, 9.17) is 4.74 Å². The van der Waals surface area contributed by atoms with Gasteiger partial charge in [0.2, 0.25) is 0 Å². The van der Waals surface area contributed by atoms with Gasteiger partial charge in [0, 0.05) is 17.2 Å². The quantitative estimate of drug-likeness (QED) is 0.756. The van der Waals surface area contributed by atoms with Crippen LogP contribution in [0.1, 0.15) is 20.8 Å². The Hall–Kier alpha value is -2.24. The van der Waals surface area contributed by atoms with Gasteiger partial charge in [-0.15, -0.1) is 11.8 Å². The highest BCUT2D eigenvalue weighted by atomic mass is 32.2. The van der Waals surface area contributed by atoms with Crippen LogP contribution in [0.2, 0.25) is 0 Å². The predicted octanol–water partition coefficient (Wildman–Crippen LogP) is 4.98. The summed E-state index contributed by atoms with van der Waals surface area (Å²) in [4.78, 5) is 6.63. The maximum atomic E-state index is 10.8. The number of aliphatic imine (C=N–C) groups is 1. The van der Waals surface area contributed by atoms with Crippen LogP contribution in [0.4, 0.5) is 11.4 Å². The van der Waals surface area contributed by atoms with Crippen molar-refractivity contribution in [3.05, 3.63) is 65.7 Å². The zero-order valence-electron chi connectivity index (χ0n) is 15.3.